The Morgan fingerprint density at radius 1 is 1.05 bits per heavy atom. The number of H-pyrrole nitrogens is 1. The van der Waals surface area contributed by atoms with Gasteiger partial charge in [-0.2, -0.15) is 13.2 Å². The van der Waals surface area contributed by atoms with Crippen LogP contribution in [0.5, 0.6) is 5.75 Å². The topological polar surface area (TPSA) is 113 Å². The third kappa shape index (κ3) is 7.91. The summed E-state index contributed by atoms with van der Waals surface area (Å²) in [6, 6.07) is 15.9. The first kappa shape index (κ1) is 29.7. The number of carbonyl (C=O) groups excluding carboxylic acids is 1. The van der Waals surface area contributed by atoms with Gasteiger partial charge in [-0.3, -0.25) is 9.89 Å². The van der Waals surface area contributed by atoms with Crippen LogP contribution < -0.4 is 10.1 Å². The summed E-state index contributed by atoms with van der Waals surface area (Å²) in [7, 11) is 0. The van der Waals surface area contributed by atoms with Crippen molar-refractivity contribution in [1.29, 1.82) is 0 Å². The fourth-order valence-electron chi connectivity index (χ4n) is 4.40. The lowest BCUT2D eigenvalue weighted by molar-refractivity contribution is -0.137. The Labute approximate surface area is 236 Å². The highest BCUT2D eigenvalue weighted by Gasteiger charge is 2.34. The van der Waals surface area contributed by atoms with Gasteiger partial charge in [0.2, 0.25) is 5.82 Å². The number of nitrogens with zero attached hydrogens (tertiary/aromatic N) is 3. The lowest BCUT2D eigenvalue weighted by Gasteiger charge is -2.25. The van der Waals surface area contributed by atoms with Crippen molar-refractivity contribution >= 4 is 11.7 Å². The molecule has 4 aromatic rings. The van der Waals surface area contributed by atoms with Crippen LogP contribution in [0.2, 0.25) is 0 Å². The molecule has 41 heavy (non-hydrogen) atoms. The monoisotopic (exact) mass is 567 g/mol. The minimum Gasteiger partial charge on any atom is -0.494 e. The molecule has 0 atom stereocenters. The van der Waals surface area contributed by atoms with E-state index in [4.69, 9.17) is 4.74 Å². The van der Waals surface area contributed by atoms with Crippen molar-refractivity contribution in [3.8, 4) is 16.9 Å². The zero-order valence-electron chi connectivity index (χ0n) is 22.8. The van der Waals surface area contributed by atoms with Gasteiger partial charge in [0, 0.05) is 12.6 Å². The molecule has 0 bridgehead atoms. The Kier molecular flexibility index (Phi) is 9.38. The number of alkyl halides is 3. The molecule has 0 aliphatic heterocycles. The molecule has 0 unspecified atom stereocenters. The molecular weight excluding hydrogens is 535 g/mol. The molecule has 0 saturated carbocycles. The molecule has 3 N–H and O–H groups in total. The largest absolute Gasteiger partial charge is 0.494 e. The Hall–Kier alpha value is -4.25. The van der Waals surface area contributed by atoms with Crippen LogP contribution in [0, 0.1) is 0 Å². The van der Waals surface area contributed by atoms with E-state index in [0.717, 1.165) is 11.6 Å². The SMILES string of the molecule is CCC(O)(CC)CCCOc1ccc(C(F)(F)F)c(-c2ccnc(NC(=O)c3n[nH]c(Cc4ccccc4)n3)c2)c1. The van der Waals surface area contributed by atoms with Crippen LogP contribution in [-0.4, -0.2) is 43.4 Å². The highest BCUT2D eigenvalue weighted by molar-refractivity contribution is 6.01. The molecule has 0 spiro atoms. The molecule has 0 aliphatic carbocycles. The summed E-state index contributed by atoms with van der Waals surface area (Å²) in [6.07, 6.45) is -0.555. The molecule has 216 valence electrons. The summed E-state index contributed by atoms with van der Waals surface area (Å²) >= 11 is 0. The number of halogens is 3. The number of rotatable bonds is 12. The van der Waals surface area contributed by atoms with E-state index in [1.165, 1.54) is 30.5 Å². The molecule has 2 aromatic carbocycles. The first-order chi connectivity index (χ1) is 19.6. The van der Waals surface area contributed by atoms with Crippen LogP contribution in [0.4, 0.5) is 19.0 Å². The number of nitrogens with one attached hydrogen (secondary N) is 2. The number of carbonyl (C=O) groups is 1. The molecule has 0 aliphatic rings. The number of aromatic amines is 1. The first-order valence-corrected chi connectivity index (χ1v) is 13.4. The molecule has 4 rings (SSSR count). The highest BCUT2D eigenvalue weighted by Crippen LogP contribution is 2.39. The number of ether oxygens (including phenoxy) is 1. The van der Waals surface area contributed by atoms with Crippen molar-refractivity contribution in [2.75, 3.05) is 11.9 Å². The van der Waals surface area contributed by atoms with Crippen molar-refractivity contribution in [3.63, 3.8) is 0 Å². The molecule has 0 saturated heterocycles. The quantitative estimate of drug-likeness (QED) is 0.170. The van der Waals surface area contributed by atoms with Gasteiger partial charge in [-0.25, -0.2) is 9.97 Å². The maximum atomic E-state index is 13.9. The molecule has 2 heterocycles. The third-order valence-electron chi connectivity index (χ3n) is 6.93. The van der Waals surface area contributed by atoms with Crippen LogP contribution in [0.25, 0.3) is 11.1 Å². The summed E-state index contributed by atoms with van der Waals surface area (Å²) in [4.78, 5) is 21.1. The van der Waals surface area contributed by atoms with E-state index in [-0.39, 0.29) is 35.1 Å². The van der Waals surface area contributed by atoms with Crippen molar-refractivity contribution in [2.24, 2.45) is 0 Å². The van der Waals surface area contributed by atoms with Gasteiger partial charge in [-0.05, 0) is 72.7 Å². The number of aromatic nitrogens is 4. The number of amides is 1. The number of pyridine rings is 1. The van der Waals surface area contributed by atoms with Gasteiger partial charge >= 0.3 is 6.18 Å². The van der Waals surface area contributed by atoms with Crippen molar-refractivity contribution < 1.29 is 27.8 Å². The smallest absolute Gasteiger partial charge is 0.417 e. The second kappa shape index (κ2) is 12.9. The number of hydrogen-bond donors (Lipinski definition) is 3. The van der Waals surface area contributed by atoms with Crippen molar-refractivity contribution in [3.05, 3.63) is 89.6 Å². The van der Waals surface area contributed by atoms with E-state index in [1.807, 2.05) is 44.2 Å². The summed E-state index contributed by atoms with van der Waals surface area (Å²) < 4.78 is 47.4. The van der Waals surface area contributed by atoms with E-state index >= 15 is 0 Å². The Morgan fingerprint density at radius 2 is 1.80 bits per heavy atom. The van der Waals surface area contributed by atoms with E-state index in [2.05, 4.69) is 25.5 Å². The minimum absolute atomic E-state index is 0.0415. The maximum Gasteiger partial charge on any atom is 0.417 e. The van der Waals surface area contributed by atoms with Crippen LogP contribution in [-0.2, 0) is 12.6 Å². The van der Waals surface area contributed by atoms with Crippen molar-refractivity contribution in [1.82, 2.24) is 20.2 Å². The minimum atomic E-state index is -4.62. The van der Waals surface area contributed by atoms with Crippen LogP contribution >= 0.6 is 0 Å². The molecule has 11 heteroatoms. The average molecular weight is 568 g/mol. The molecule has 0 fully saturated rings. The number of hydrogen-bond acceptors (Lipinski definition) is 6. The average Bonchev–Trinajstić information content (AvgIpc) is 3.44. The lowest BCUT2D eigenvalue weighted by Crippen LogP contribution is -2.26. The second-order valence-corrected chi connectivity index (χ2v) is 9.74. The standard InChI is InChI=1S/C30H32F3N5O3/c1-3-29(40,4-2)14-8-16-41-22-11-12-24(30(31,32)33)23(19-22)21-13-15-34-25(18-21)36-28(39)27-35-26(37-38-27)17-20-9-6-5-7-10-20/h5-7,9-13,15,18-19,40H,3-4,8,14,16-17H2,1-2H3,(H,34,36,39)(H,35,37,38). The van der Waals surface area contributed by atoms with Gasteiger partial charge in [0.05, 0.1) is 17.8 Å². The summed E-state index contributed by atoms with van der Waals surface area (Å²) in [6.45, 7) is 4.06. The summed E-state index contributed by atoms with van der Waals surface area (Å²) in [5, 5.41) is 19.7. The number of anilines is 1. The normalized spacial score (nSPS) is 11.9. The Bertz CT molecular complexity index is 1450. The van der Waals surface area contributed by atoms with E-state index < -0.39 is 23.2 Å². The molecule has 8 nitrogen and oxygen atoms in total. The first-order valence-electron chi connectivity index (χ1n) is 13.4. The zero-order valence-corrected chi connectivity index (χ0v) is 22.8. The van der Waals surface area contributed by atoms with E-state index in [0.29, 0.717) is 37.9 Å². The molecule has 1 amide bonds. The fourth-order valence-corrected chi connectivity index (χ4v) is 4.40. The maximum absolute atomic E-state index is 13.9. The second-order valence-electron chi connectivity index (χ2n) is 9.74. The third-order valence-corrected chi connectivity index (χ3v) is 6.93. The van der Waals surface area contributed by atoms with Gasteiger partial charge < -0.3 is 15.2 Å². The predicted molar refractivity (Wildman–Crippen MR) is 149 cm³/mol. The van der Waals surface area contributed by atoms with Gasteiger partial charge in [0.15, 0.2) is 0 Å². The summed E-state index contributed by atoms with van der Waals surface area (Å²) in [5.41, 5.74) is -0.561. The van der Waals surface area contributed by atoms with E-state index in [1.54, 1.807) is 0 Å². The lowest BCUT2D eigenvalue weighted by atomic mass is 9.92. The zero-order chi connectivity index (χ0) is 29.5. The Morgan fingerprint density at radius 3 is 2.51 bits per heavy atom. The van der Waals surface area contributed by atoms with Crippen LogP contribution in [0.3, 0.4) is 0 Å². The van der Waals surface area contributed by atoms with Gasteiger partial charge in [0.25, 0.3) is 5.91 Å². The predicted octanol–water partition coefficient (Wildman–Crippen LogP) is 6.44. The molecule has 2 aromatic heterocycles. The number of aliphatic hydroxyl groups is 1. The van der Waals surface area contributed by atoms with Crippen LogP contribution in [0.1, 0.15) is 67.1 Å². The number of benzene rings is 2. The van der Waals surface area contributed by atoms with Crippen LogP contribution in [0.15, 0.2) is 66.9 Å². The summed E-state index contributed by atoms with van der Waals surface area (Å²) in [5.74, 6) is 0.0205. The molecule has 0 radical (unpaired) electrons. The Balaban J connectivity index is 1.49. The van der Waals surface area contributed by atoms with Gasteiger partial charge in [0.1, 0.15) is 17.4 Å². The van der Waals surface area contributed by atoms with Gasteiger partial charge in [-0.1, -0.05) is 44.2 Å². The van der Waals surface area contributed by atoms with E-state index in [9.17, 15) is 23.1 Å². The highest BCUT2D eigenvalue weighted by atomic mass is 19.4. The van der Waals surface area contributed by atoms with Gasteiger partial charge in [-0.15, -0.1) is 5.10 Å². The molecular formula is C30H32F3N5O3. The van der Waals surface area contributed by atoms with Crippen molar-refractivity contribution in [2.45, 2.75) is 57.7 Å². The fraction of sp³-hybridized carbons (Fsp3) is 0.333.